The highest BCUT2D eigenvalue weighted by Crippen LogP contribution is 1.95. The molecule has 2 heterocycles. The fraction of sp³-hybridized carbons (Fsp3) is 0.167. The Morgan fingerprint density at radius 1 is 1.40 bits per heavy atom. The number of fused-ring (bicyclic) bond motifs is 1. The van der Waals surface area contributed by atoms with Crippen LogP contribution in [0.3, 0.4) is 0 Å². The van der Waals surface area contributed by atoms with Crippen LogP contribution in [0.25, 0.3) is 5.65 Å². The number of hydrogen-bond donors (Lipinski definition) is 0. The summed E-state index contributed by atoms with van der Waals surface area (Å²) in [5, 5.41) is 7.95. The molecule has 0 saturated heterocycles. The summed E-state index contributed by atoms with van der Waals surface area (Å²) in [4.78, 5) is 3.95. The molecule has 0 aromatic carbocycles. The van der Waals surface area contributed by atoms with Crippen LogP contribution < -0.4 is 0 Å². The minimum atomic E-state index is 0.783. The average Bonchev–Trinajstić information content (AvgIpc) is 2.33. The van der Waals surface area contributed by atoms with Crippen LogP contribution in [0.4, 0.5) is 0 Å². The largest absolute Gasteiger partial charge is 0.213 e. The van der Waals surface area contributed by atoms with Gasteiger partial charge in [0, 0.05) is 0 Å². The zero-order valence-electron chi connectivity index (χ0n) is 5.52. The number of hydrogen-bond acceptors (Lipinski definition) is 3. The van der Waals surface area contributed by atoms with E-state index in [0.29, 0.717) is 0 Å². The molecule has 2 aromatic heterocycles. The smallest absolute Gasteiger partial charge is 0.176 e. The molecule has 0 unspecified atom stereocenters. The van der Waals surface area contributed by atoms with E-state index in [-0.39, 0.29) is 0 Å². The summed E-state index contributed by atoms with van der Waals surface area (Å²) in [6.45, 7) is 1.92. The van der Waals surface area contributed by atoms with E-state index in [4.69, 9.17) is 0 Å². The highest BCUT2D eigenvalue weighted by molar-refractivity contribution is 5.33. The summed E-state index contributed by atoms with van der Waals surface area (Å²) in [6.07, 6.45) is 1.49. The van der Waals surface area contributed by atoms with Gasteiger partial charge in [0.1, 0.15) is 6.33 Å². The van der Waals surface area contributed by atoms with Crippen molar-refractivity contribution in [1.29, 1.82) is 0 Å². The van der Waals surface area contributed by atoms with Gasteiger partial charge in [-0.1, -0.05) is 0 Å². The molecule has 0 aliphatic rings. The summed E-state index contributed by atoms with van der Waals surface area (Å²) in [6, 6.07) is 3.79. The molecule has 10 heavy (non-hydrogen) atoms. The quantitative estimate of drug-likeness (QED) is 0.524. The highest BCUT2D eigenvalue weighted by Gasteiger charge is 1.92. The summed E-state index contributed by atoms with van der Waals surface area (Å²) in [7, 11) is 0. The predicted octanol–water partition coefficient (Wildman–Crippen LogP) is 0.433. The van der Waals surface area contributed by atoms with Gasteiger partial charge in [0.05, 0.1) is 5.69 Å². The average molecular weight is 134 g/mol. The summed E-state index contributed by atoms with van der Waals surface area (Å²) in [5.41, 5.74) is 1.73. The Kier molecular flexibility index (Phi) is 0.943. The van der Waals surface area contributed by atoms with Gasteiger partial charge in [-0.05, 0) is 19.1 Å². The van der Waals surface area contributed by atoms with Crippen LogP contribution in [-0.4, -0.2) is 19.8 Å². The van der Waals surface area contributed by atoms with Gasteiger partial charge in [0.2, 0.25) is 0 Å². The summed E-state index contributed by atoms with van der Waals surface area (Å²) >= 11 is 0. The minimum Gasteiger partial charge on any atom is -0.213 e. The van der Waals surface area contributed by atoms with Crippen molar-refractivity contribution in [3.8, 4) is 0 Å². The Morgan fingerprint density at radius 3 is 3.20 bits per heavy atom. The first-order chi connectivity index (χ1) is 4.86. The second-order valence-corrected chi connectivity index (χ2v) is 2.08. The number of nitrogens with zero attached hydrogens (tertiary/aromatic N) is 4. The lowest BCUT2D eigenvalue weighted by Crippen LogP contribution is -1.94. The van der Waals surface area contributed by atoms with Crippen molar-refractivity contribution in [2.24, 2.45) is 0 Å². The first-order valence-corrected chi connectivity index (χ1v) is 3.00. The van der Waals surface area contributed by atoms with Gasteiger partial charge < -0.3 is 0 Å². The third-order valence-corrected chi connectivity index (χ3v) is 1.28. The van der Waals surface area contributed by atoms with Crippen molar-refractivity contribution < 1.29 is 0 Å². The Hall–Kier alpha value is -1.45. The van der Waals surface area contributed by atoms with E-state index in [1.807, 2.05) is 19.1 Å². The lowest BCUT2D eigenvalue weighted by molar-refractivity contribution is 0.781. The molecular weight excluding hydrogens is 128 g/mol. The van der Waals surface area contributed by atoms with E-state index in [9.17, 15) is 0 Å². The molecule has 0 fully saturated rings. The number of aromatic nitrogens is 4. The highest BCUT2D eigenvalue weighted by atomic mass is 15.4. The van der Waals surface area contributed by atoms with Gasteiger partial charge in [-0.15, -0.1) is 9.73 Å². The van der Waals surface area contributed by atoms with E-state index in [0.717, 1.165) is 11.3 Å². The SMILES string of the molecule is Cc1ccc2ncnn2n1. The second kappa shape index (κ2) is 1.76. The maximum absolute atomic E-state index is 4.08. The maximum atomic E-state index is 4.08. The Labute approximate surface area is 57.5 Å². The number of rotatable bonds is 0. The molecular formula is C6H6N4. The molecule has 4 nitrogen and oxygen atoms in total. The van der Waals surface area contributed by atoms with Crippen molar-refractivity contribution in [3.05, 3.63) is 24.2 Å². The standard InChI is InChI=1S/C6H6N4/c1-5-2-3-6-7-4-8-10(6)9-5/h2-4H,1H3. The Morgan fingerprint density at radius 2 is 2.30 bits per heavy atom. The van der Waals surface area contributed by atoms with E-state index >= 15 is 0 Å². The summed E-state index contributed by atoms with van der Waals surface area (Å²) < 4.78 is 1.51. The maximum Gasteiger partial charge on any atom is 0.176 e. The van der Waals surface area contributed by atoms with Crippen LogP contribution >= 0.6 is 0 Å². The third kappa shape index (κ3) is 0.655. The molecule has 2 aromatic rings. The van der Waals surface area contributed by atoms with E-state index in [1.165, 1.54) is 11.0 Å². The fourth-order valence-electron chi connectivity index (χ4n) is 0.809. The first kappa shape index (κ1) is 5.34. The third-order valence-electron chi connectivity index (χ3n) is 1.28. The van der Waals surface area contributed by atoms with Crippen molar-refractivity contribution in [2.75, 3.05) is 0 Å². The molecule has 0 N–H and O–H groups in total. The molecule has 0 aliphatic carbocycles. The summed E-state index contributed by atoms with van der Waals surface area (Å²) in [5.74, 6) is 0. The Balaban J connectivity index is 2.86. The van der Waals surface area contributed by atoms with Crippen molar-refractivity contribution in [3.63, 3.8) is 0 Å². The lowest BCUT2D eigenvalue weighted by Gasteiger charge is -1.89. The van der Waals surface area contributed by atoms with Gasteiger partial charge >= 0.3 is 0 Å². The molecule has 0 saturated carbocycles. The van der Waals surface area contributed by atoms with Crippen molar-refractivity contribution in [2.45, 2.75) is 6.92 Å². The van der Waals surface area contributed by atoms with E-state index in [1.54, 1.807) is 0 Å². The topological polar surface area (TPSA) is 43.1 Å². The molecule has 4 heteroatoms. The number of aryl methyl sites for hydroxylation is 1. The molecule has 50 valence electrons. The molecule has 0 radical (unpaired) electrons. The van der Waals surface area contributed by atoms with Gasteiger partial charge in [0.25, 0.3) is 0 Å². The monoisotopic (exact) mass is 134 g/mol. The van der Waals surface area contributed by atoms with Crippen LogP contribution in [0, 0.1) is 6.92 Å². The van der Waals surface area contributed by atoms with Crippen LogP contribution in [0.1, 0.15) is 5.69 Å². The molecule has 0 amide bonds. The van der Waals surface area contributed by atoms with Crippen LogP contribution in [0.15, 0.2) is 18.5 Å². The van der Waals surface area contributed by atoms with Gasteiger partial charge in [-0.2, -0.15) is 5.10 Å². The van der Waals surface area contributed by atoms with Crippen LogP contribution in [-0.2, 0) is 0 Å². The van der Waals surface area contributed by atoms with E-state index in [2.05, 4.69) is 15.2 Å². The Bertz CT molecular complexity index is 351. The van der Waals surface area contributed by atoms with Crippen molar-refractivity contribution in [1.82, 2.24) is 19.8 Å². The van der Waals surface area contributed by atoms with Gasteiger partial charge in [0.15, 0.2) is 5.65 Å². The molecule has 0 atom stereocenters. The minimum absolute atomic E-state index is 0.783. The first-order valence-electron chi connectivity index (χ1n) is 3.00. The molecule has 2 rings (SSSR count). The molecule has 0 aliphatic heterocycles. The van der Waals surface area contributed by atoms with Crippen molar-refractivity contribution >= 4 is 5.65 Å². The van der Waals surface area contributed by atoms with Crippen LogP contribution in [0.2, 0.25) is 0 Å². The normalized spacial score (nSPS) is 10.5. The molecule has 0 spiro atoms. The zero-order valence-corrected chi connectivity index (χ0v) is 5.52. The lowest BCUT2D eigenvalue weighted by atomic mass is 10.4. The molecule has 0 bridgehead atoms. The fourth-order valence-corrected chi connectivity index (χ4v) is 0.809. The zero-order chi connectivity index (χ0) is 6.97. The van der Waals surface area contributed by atoms with E-state index < -0.39 is 0 Å². The predicted molar refractivity (Wildman–Crippen MR) is 35.5 cm³/mol. The second-order valence-electron chi connectivity index (χ2n) is 2.08. The van der Waals surface area contributed by atoms with Gasteiger partial charge in [-0.25, -0.2) is 4.98 Å². The van der Waals surface area contributed by atoms with Crippen LogP contribution in [0.5, 0.6) is 0 Å². The van der Waals surface area contributed by atoms with Gasteiger partial charge in [-0.3, -0.25) is 0 Å².